The average Bonchev–Trinajstić information content (AvgIpc) is 3.18. The maximum absolute atomic E-state index is 12.7. The van der Waals surface area contributed by atoms with E-state index in [4.69, 9.17) is 0 Å². The molecule has 0 aliphatic carbocycles. The van der Waals surface area contributed by atoms with Crippen molar-refractivity contribution in [2.75, 3.05) is 5.75 Å². The highest BCUT2D eigenvalue weighted by atomic mass is 32.2. The van der Waals surface area contributed by atoms with Crippen molar-refractivity contribution in [1.29, 1.82) is 0 Å². The van der Waals surface area contributed by atoms with Crippen LogP contribution in [-0.4, -0.2) is 31.1 Å². The normalized spacial score (nSPS) is 11.1. The van der Waals surface area contributed by atoms with Crippen LogP contribution in [0.25, 0.3) is 5.13 Å². The van der Waals surface area contributed by atoms with Crippen molar-refractivity contribution in [2.45, 2.75) is 39.8 Å². The molecule has 25 heavy (non-hydrogen) atoms. The summed E-state index contributed by atoms with van der Waals surface area (Å²) in [5, 5.41) is 3.47. The molecule has 0 saturated heterocycles. The Balaban J connectivity index is 1.80. The summed E-state index contributed by atoms with van der Waals surface area (Å²) in [5.74, 6) is 0.407. The second-order valence-corrected chi connectivity index (χ2v) is 7.76. The molecule has 0 atom stereocenters. The monoisotopic (exact) mass is 372 g/mol. The Morgan fingerprint density at radius 2 is 1.84 bits per heavy atom. The summed E-state index contributed by atoms with van der Waals surface area (Å²) < 4.78 is 2.03. The van der Waals surface area contributed by atoms with Crippen LogP contribution in [0.15, 0.2) is 22.8 Å². The SMILES string of the molecule is Cc1nc(SCC(=O)c2cc(C)n(-c3nccs3)c2C)nc(C)c1C. The summed E-state index contributed by atoms with van der Waals surface area (Å²) in [7, 11) is 0. The van der Waals surface area contributed by atoms with Crippen molar-refractivity contribution in [3.8, 4) is 5.13 Å². The Bertz CT molecular complexity index is 906. The summed E-state index contributed by atoms with van der Waals surface area (Å²) in [6, 6.07) is 1.94. The van der Waals surface area contributed by atoms with Gasteiger partial charge in [-0.25, -0.2) is 15.0 Å². The molecule has 3 rings (SSSR count). The second kappa shape index (κ2) is 7.09. The highest BCUT2D eigenvalue weighted by Crippen LogP contribution is 2.24. The standard InChI is InChI=1S/C18H20N4OS2/c1-10-8-15(14(5)22(10)18-19-6-7-24-18)16(23)9-25-17-20-12(3)11(2)13(4)21-17/h6-8H,9H2,1-5H3. The molecule has 0 fully saturated rings. The second-order valence-electron chi connectivity index (χ2n) is 5.95. The van der Waals surface area contributed by atoms with Crippen molar-refractivity contribution >= 4 is 28.9 Å². The number of aryl methyl sites for hydroxylation is 3. The molecule has 0 N–H and O–H groups in total. The van der Waals surface area contributed by atoms with E-state index in [0.29, 0.717) is 10.9 Å². The van der Waals surface area contributed by atoms with Gasteiger partial charge in [-0.2, -0.15) is 0 Å². The minimum Gasteiger partial charge on any atom is -0.294 e. The Morgan fingerprint density at radius 1 is 1.16 bits per heavy atom. The molecule has 130 valence electrons. The van der Waals surface area contributed by atoms with E-state index < -0.39 is 0 Å². The molecule has 0 spiro atoms. The molecule has 0 unspecified atom stereocenters. The fraction of sp³-hybridized carbons (Fsp3) is 0.333. The number of nitrogens with zero attached hydrogens (tertiary/aromatic N) is 4. The summed E-state index contributed by atoms with van der Waals surface area (Å²) >= 11 is 2.95. The van der Waals surface area contributed by atoms with Crippen LogP contribution < -0.4 is 0 Å². The first kappa shape index (κ1) is 17.8. The van der Waals surface area contributed by atoms with Gasteiger partial charge in [0.05, 0.1) is 5.75 Å². The lowest BCUT2D eigenvalue weighted by Gasteiger charge is -2.07. The number of thioether (sulfide) groups is 1. The molecule has 0 aliphatic rings. The summed E-state index contributed by atoms with van der Waals surface area (Å²) in [6.45, 7) is 9.91. The molecule has 3 aromatic rings. The maximum atomic E-state index is 12.7. The molecule has 3 aromatic heterocycles. The largest absolute Gasteiger partial charge is 0.294 e. The first-order valence-corrected chi connectivity index (χ1v) is 9.81. The van der Waals surface area contributed by atoms with Gasteiger partial charge >= 0.3 is 0 Å². The Hall–Kier alpha value is -1.99. The molecule has 0 saturated carbocycles. The lowest BCUT2D eigenvalue weighted by atomic mass is 10.2. The van der Waals surface area contributed by atoms with Gasteiger partial charge in [0.15, 0.2) is 16.1 Å². The first-order chi connectivity index (χ1) is 11.9. The van der Waals surface area contributed by atoms with Crippen LogP contribution in [0.2, 0.25) is 0 Å². The predicted octanol–water partition coefficient (Wildman–Crippen LogP) is 4.24. The lowest BCUT2D eigenvalue weighted by Crippen LogP contribution is -2.06. The van der Waals surface area contributed by atoms with Crippen LogP contribution in [0.3, 0.4) is 0 Å². The van der Waals surface area contributed by atoms with Crippen LogP contribution in [-0.2, 0) is 0 Å². The summed E-state index contributed by atoms with van der Waals surface area (Å²) in [6.07, 6.45) is 1.77. The van der Waals surface area contributed by atoms with Gasteiger partial charge in [-0.3, -0.25) is 9.36 Å². The maximum Gasteiger partial charge on any atom is 0.193 e. The quantitative estimate of drug-likeness (QED) is 0.381. The van der Waals surface area contributed by atoms with Gasteiger partial charge in [0, 0.05) is 39.9 Å². The number of thiazole rings is 1. The van der Waals surface area contributed by atoms with E-state index in [1.165, 1.54) is 11.8 Å². The van der Waals surface area contributed by atoms with Crippen molar-refractivity contribution in [1.82, 2.24) is 19.5 Å². The topological polar surface area (TPSA) is 60.7 Å². The number of carbonyl (C=O) groups is 1. The molecule has 0 aliphatic heterocycles. The summed E-state index contributed by atoms with van der Waals surface area (Å²) in [5.41, 5.74) is 5.70. The minimum atomic E-state index is 0.0837. The minimum absolute atomic E-state index is 0.0837. The van der Waals surface area contributed by atoms with Crippen molar-refractivity contribution in [3.05, 3.63) is 51.5 Å². The van der Waals surface area contributed by atoms with E-state index in [1.807, 2.05) is 50.6 Å². The van der Waals surface area contributed by atoms with Crippen LogP contribution in [0.1, 0.15) is 38.7 Å². The average molecular weight is 373 g/mol. The number of ketones is 1. The third-order valence-electron chi connectivity index (χ3n) is 4.29. The van der Waals surface area contributed by atoms with Gasteiger partial charge in [-0.1, -0.05) is 11.8 Å². The van der Waals surface area contributed by atoms with Crippen molar-refractivity contribution < 1.29 is 4.79 Å². The van der Waals surface area contributed by atoms with Crippen molar-refractivity contribution in [2.24, 2.45) is 0 Å². The van der Waals surface area contributed by atoms with Crippen LogP contribution in [0, 0.1) is 34.6 Å². The Morgan fingerprint density at radius 3 is 2.44 bits per heavy atom. The fourth-order valence-electron chi connectivity index (χ4n) is 2.68. The molecule has 7 heteroatoms. The van der Waals surface area contributed by atoms with Crippen LogP contribution >= 0.6 is 23.1 Å². The number of hydrogen-bond acceptors (Lipinski definition) is 6. The van der Waals surface area contributed by atoms with Crippen LogP contribution in [0.4, 0.5) is 0 Å². The Labute approximate surface area is 155 Å². The lowest BCUT2D eigenvalue weighted by molar-refractivity contribution is 0.102. The van der Waals surface area contributed by atoms with E-state index >= 15 is 0 Å². The molecular weight excluding hydrogens is 352 g/mol. The number of aromatic nitrogens is 4. The smallest absolute Gasteiger partial charge is 0.193 e. The van der Waals surface area contributed by atoms with E-state index in [-0.39, 0.29) is 5.78 Å². The molecule has 0 aromatic carbocycles. The van der Waals surface area contributed by atoms with Gasteiger partial charge in [0.25, 0.3) is 0 Å². The molecule has 0 radical (unpaired) electrons. The molecule has 3 heterocycles. The van der Waals surface area contributed by atoms with Crippen molar-refractivity contribution in [3.63, 3.8) is 0 Å². The molecule has 0 amide bonds. The number of Topliss-reactive ketones (excluding diaryl/α,β-unsaturated/α-hetero) is 1. The van der Waals surface area contributed by atoms with E-state index in [9.17, 15) is 4.79 Å². The van der Waals surface area contributed by atoms with Gasteiger partial charge in [0.2, 0.25) is 0 Å². The zero-order valence-electron chi connectivity index (χ0n) is 15.0. The summed E-state index contributed by atoms with van der Waals surface area (Å²) in [4.78, 5) is 26.0. The number of rotatable bonds is 5. The molecule has 5 nitrogen and oxygen atoms in total. The molecule has 0 bridgehead atoms. The highest BCUT2D eigenvalue weighted by molar-refractivity contribution is 7.99. The van der Waals surface area contributed by atoms with E-state index in [0.717, 1.165) is 39.0 Å². The number of carbonyl (C=O) groups excluding carboxylic acids is 1. The fourth-order valence-corrected chi connectivity index (χ4v) is 4.25. The number of hydrogen-bond donors (Lipinski definition) is 0. The van der Waals surface area contributed by atoms with Gasteiger partial charge in [0.1, 0.15) is 0 Å². The van der Waals surface area contributed by atoms with Gasteiger partial charge in [-0.15, -0.1) is 11.3 Å². The Kier molecular flexibility index (Phi) is 5.06. The zero-order valence-corrected chi connectivity index (χ0v) is 16.6. The van der Waals surface area contributed by atoms with Gasteiger partial charge in [-0.05, 0) is 46.2 Å². The highest BCUT2D eigenvalue weighted by Gasteiger charge is 2.18. The molecular formula is C18H20N4OS2. The van der Waals surface area contributed by atoms with E-state index in [2.05, 4.69) is 15.0 Å². The van der Waals surface area contributed by atoms with E-state index in [1.54, 1.807) is 17.5 Å². The predicted molar refractivity (Wildman–Crippen MR) is 102 cm³/mol. The first-order valence-electron chi connectivity index (χ1n) is 7.95. The zero-order chi connectivity index (χ0) is 18.1. The van der Waals surface area contributed by atoms with Crippen LogP contribution in [0.5, 0.6) is 0 Å². The van der Waals surface area contributed by atoms with Gasteiger partial charge < -0.3 is 0 Å². The third-order valence-corrected chi connectivity index (χ3v) is 5.89. The third kappa shape index (κ3) is 3.52.